The number of ether oxygens (including phenoxy) is 2. The van der Waals surface area contributed by atoms with Gasteiger partial charge in [0.25, 0.3) is 0 Å². The van der Waals surface area contributed by atoms with Crippen LogP contribution in [0.5, 0.6) is 5.75 Å². The molecule has 1 spiro atoms. The number of nitrogens with one attached hydrogen (secondary N) is 1. The number of amides is 1. The van der Waals surface area contributed by atoms with Crippen LogP contribution in [0.25, 0.3) is 5.57 Å². The van der Waals surface area contributed by atoms with Crippen LogP contribution in [0.1, 0.15) is 61.3 Å². The number of anilines is 1. The molecule has 1 amide bonds. The highest BCUT2D eigenvalue weighted by Crippen LogP contribution is 2.61. The fourth-order valence-corrected chi connectivity index (χ4v) is 5.12. The van der Waals surface area contributed by atoms with Gasteiger partial charge >= 0.3 is 5.97 Å². The van der Waals surface area contributed by atoms with Crippen LogP contribution in [-0.2, 0) is 26.2 Å². The summed E-state index contributed by atoms with van der Waals surface area (Å²) in [5.41, 5.74) is 4.41. The van der Waals surface area contributed by atoms with Gasteiger partial charge in [-0.3, -0.25) is 9.59 Å². The first-order valence-electron chi connectivity index (χ1n) is 13.9. The first-order valence-corrected chi connectivity index (χ1v) is 13.9. The number of benzene rings is 2. The van der Waals surface area contributed by atoms with Crippen molar-refractivity contribution in [2.24, 2.45) is 10.9 Å². The lowest BCUT2D eigenvalue weighted by atomic mass is 9.85. The number of nitrogens with zero attached hydrogens (tertiary/aromatic N) is 2. The highest BCUT2D eigenvalue weighted by molar-refractivity contribution is 5.97. The number of aliphatic carboxylic acids is 1. The Kier molecular flexibility index (Phi) is 11.4. The topological polar surface area (TPSA) is 121 Å². The van der Waals surface area contributed by atoms with E-state index in [0.29, 0.717) is 37.3 Å². The smallest absolute Gasteiger partial charge is 0.303 e. The number of aryl methyl sites for hydroxylation is 1. The quantitative estimate of drug-likeness (QED) is 0.245. The number of carbonyl (C=O) groups is 2. The van der Waals surface area contributed by atoms with Crippen LogP contribution in [0.4, 0.5) is 5.69 Å². The van der Waals surface area contributed by atoms with Crippen molar-refractivity contribution in [1.29, 1.82) is 5.26 Å². The standard InChI is InChI=1S/C29H30N2O5.C4H9N/c1-19(5-4-13-35-2)22-10-11-26-23(16-22)29(12-14-36-26)17-24(29)28(34)31-25-15-20(18-30)8-9-21(25)6-3-7-27(32)33;1-3-4-5-2/h4-5,8-11,15-16,24H,1,3,6-7,12-14,17H2,2H3,(H,31,34)(H,32,33);2-4H2,1H3/b5-4-;. The molecule has 1 saturated carbocycles. The van der Waals surface area contributed by atoms with E-state index in [1.165, 1.54) is 0 Å². The summed E-state index contributed by atoms with van der Waals surface area (Å²) in [5, 5.41) is 21.3. The molecule has 2 aliphatic rings. The third-order valence-corrected chi connectivity index (χ3v) is 7.38. The van der Waals surface area contributed by atoms with Crippen LogP contribution >= 0.6 is 0 Å². The summed E-state index contributed by atoms with van der Waals surface area (Å²) in [7, 11) is 1.64. The maximum atomic E-state index is 13.4. The van der Waals surface area contributed by atoms with Crippen LogP contribution in [0.15, 0.2) is 60.1 Å². The summed E-state index contributed by atoms with van der Waals surface area (Å²) < 4.78 is 11.0. The van der Waals surface area contributed by atoms with Crippen molar-refractivity contribution in [3.8, 4) is 11.8 Å². The molecule has 8 heteroatoms. The SMILES string of the molecule is C=C(/C=C\COC)c1ccc2c(c1)C1(CCO2)CC1C(=O)Nc1cc(C#N)ccc1CCCC(=O)O.C=NCCC. The molecule has 1 aliphatic heterocycles. The Morgan fingerprint density at radius 2 is 2.12 bits per heavy atom. The van der Waals surface area contributed by atoms with Gasteiger partial charge in [0.15, 0.2) is 0 Å². The number of hydrogen-bond donors (Lipinski definition) is 2. The number of carboxylic acid groups (broad SMARTS) is 1. The van der Waals surface area contributed by atoms with Crippen molar-refractivity contribution in [2.75, 3.05) is 32.2 Å². The minimum atomic E-state index is -0.858. The lowest BCUT2D eigenvalue weighted by Gasteiger charge is -2.27. The largest absolute Gasteiger partial charge is 0.493 e. The third-order valence-electron chi connectivity index (χ3n) is 7.38. The highest BCUT2D eigenvalue weighted by atomic mass is 16.5. The molecular weight excluding hydrogens is 518 g/mol. The zero-order valence-electron chi connectivity index (χ0n) is 23.9. The monoisotopic (exact) mass is 557 g/mol. The number of hydrogen-bond acceptors (Lipinski definition) is 6. The van der Waals surface area contributed by atoms with Gasteiger partial charge in [-0.1, -0.05) is 37.8 Å². The van der Waals surface area contributed by atoms with E-state index in [4.69, 9.17) is 14.6 Å². The molecule has 0 aromatic heterocycles. The van der Waals surface area contributed by atoms with Gasteiger partial charge in [-0.25, -0.2) is 0 Å². The van der Waals surface area contributed by atoms with Crippen LogP contribution in [0.3, 0.4) is 0 Å². The highest BCUT2D eigenvalue weighted by Gasteiger charge is 2.61. The molecule has 41 heavy (non-hydrogen) atoms. The van der Waals surface area contributed by atoms with E-state index in [9.17, 15) is 14.9 Å². The molecule has 1 aliphatic carbocycles. The average Bonchev–Trinajstić information content (AvgIpc) is 3.69. The summed E-state index contributed by atoms with van der Waals surface area (Å²) in [6.45, 7) is 11.5. The molecule has 8 nitrogen and oxygen atoms in total. The second-order valence-electron chi connectivity index (χ2n) is 10.3. The molecular formula is C33H39N3O5. The third kappa shape index (κ3) is 8.15. The molecule has 0 bridgehead atoms. The van der Waals surface area contributed by atoms with Crippen LogP contribution in [-0.4, -0.2) is 50.6 Å². The van der Waals surface area contributed by atoms with Gasteiger partial charge < -0.3 is 24.9 Å². The predicted octanol–water partition coefficient (Wildman–Crippen LogP) is 5.96. The van der Waals surface area contributed by atoms with E-state index in [2.05, 4.69) is 42.7 Å². The normalized spacial score (nSPS) is 18.3. The van der Waals surface area contributed by atoms with E-state index < -0.39 is 5.97 Å². The minimum Gasteiger partial charge on any atom is -0.493 e. The number of aliphatic imine (C=N–C) groups is 1. The Bertz CT molecular complexity index is 1340. The molecule has 4 rings (SSSR count). The number of rotatable bonds is 12. The van der Waals surface area contributed by atoms with Gasteiger partial charge in [0, 0.05) is 42.7 Å². The Morgan fingerprint density at radius 1 is 1.32 bits per heavy atom. The zero-order chi connectivity index (χ0) is 29.8. The Morgan fingerprint density at radius 3 is 2.78 bits per heavy atom. The number of nitriles is 1. The van der Waals surface area contributed by atoms with E-state index in [1.54, 1.807) is 25.3 Å². The molecule has 2 N–H and O–H groups in total. The van der Waals surface area contributed by atoms with Gasteiger partial charge in [-0.2, -0.15) is 5.26 Å². The lowest BCUT2D eigenvalue weighted by Crippen LogP contribution is -2.27. The van der Waals surface area contributed by atoms with E-state index in [1.807, 2.05) is 24.3 Å². The van der Waals surface area contributed by atoms with E-state index >= 15 is 0 Å². The Hall–Kier alpha value is -4.22. The van der Waals surface area contributed by atoms with Crippen LogP contribution < -0.4 is 10.1 Å². The molecule has 2 atom stereocenters. The second-order valence-corrected chi connectivity index (χ2v) is 10.3. The first kappa shape index (κ1) is 31.3. The number of carbonyl (C=O) groups excluding carboxylic acids is 1. The summed E-state index contributed by atoms with van der Waals surface area (Å²) in [4.78, 5) is 27.9. The molecule has 1 fully saturated rings. The van der Waals surface area contributed by atoms with Crippen molar-refractivity contribution >= 4 is 29.9 Å². The van der Waals surface area contributed by atoms with Gasteiger partial charge in [0.1, 0.15) is 5.75 Å². The number of methoxy groups -OCH3 is 1. The number of allylic oxidation sites excluding steroid dienone is 2. The molecule has 1 heterocycles. The fourth-order valence-electron chi connectivity index (χ4n) is 5.12. The van der Waals surface area contributed by atoms with Gasteiger partial charge in [0.2, 0.25) is 5.91 Å². The average molecular weight is 558 g/mol. The molecule has 2 aromatic rings. The van der Waals surface area contributed by atoms with Crippen LogP contribution in [0, 0.1) is 17.2 Å². The molecule has 0 saturated heterocycles. The maximum Gasteiger partial charge on any atom is 0.303 e. The van der Waals surface area contributed by atoms with Crippen molar-refractivity contribution in [3.05, 3.63) is 77.4 Å². The Labute approximate surface area is 242 Å². The lowest BCUT2D eigenvalue weighted by molar-refractivity contribution is -0.137. The molecule has 2 aromatic carbocycles. The molecule has 2 unspecified atom stereocenters. The summed E-state index contributed by atoms with van der Waals surface area (Å²) in [6, 6.07) is 13.3. The summed E-state index contributed by atoms with van der Waals surface area (Å²) in [5.74, 6) is -0.370. The molecule has 216 valence electrons. The zero-order valence-corrected chi connectivity index (χ0v) is 23.9. The van der Waals surface area contributed by atoms with Crippen molar-refractivity contribution in [3.63, 3.8) is 0 Å². The van der Waals surface area contributed by atoms with E-state index in [0.717, 1.165) is 53.8 Å². The maximum absolute atomic E-state index is 13.4. The fraction of sp³-hybridized carbons (Fsp3) is 0.394. The summed E-state index contributed by atoms with van der Waals surface area (Å²) >= 11 is 0. The van der Waals surface area contributed by atoms with Crippen LogP contribution in [0.2, 0.25) is 0 Å². The second kappa shape index (κ2) is 15.0. The van der Waals surface area contributed by atoms with Crippen molar-refractivity contribution in [1.82, 2.24) is 0 Å². The number of fused-ring (bicyclic) bond motifs is 2. The van der Waals surface area contributed by atoms with Gasteiger partial charge in [-0.15, -0.1) is 0 Å². The van der Waals surface area contributed by atoms with Gasteiger partial charge in [0.05, 0.1) is 24.8 Å². The van der Waals surface area contributed by atoms with Crippen molar-refractivity contribution in [2.45, 2.75) is 50.9 Å². The Balaban J connectivity index is 0.000000850. The van der Waals surface area contributed by atoms with E-state index in [-0.39, 0.29) is 23.7 Å². The first-order chi connectivity index (χ1) is 19.8. The minimum absolute atomic E-state index is 0.0458. The summed E-state index contributed by atoms with van der Waals surface area (Å²) in [6.07, 6.45) is 7.41. The molecule has 0 radical (unpaired) electrons. The van der Waals surface area contributed by atoms with Gasteiger partial charge in [-0.05, 0) is 79.8 Å². The number of carboxylic acids is 1. The van der Waals surface area contributed by atoms with Crippen molar-refractivity contribution < 1.29 is 24.2 Å². The predicted molar refractivity (Wildman–Crippen MR) is 161 cm³/mol.